The van der Waals surface area contributed by atoms with Crippen LogP contribution in [0.15, 0.2) is 34.9 Å². The fraction of sp³-hybridized carbons (Fsp3) is 0.375. The lowest BCUT2D eigenvalue weighted by Crippen LogP contribution is -2.42. The third kappa shape index (κ3) is 2.96. The van der Waals surface area contributed by atoms with Crippen molar-refractivity contribution in [2.24, 2.45) is 0 Å². The molecule has 1 aromatic heterocycles. The van der Waals surface area contributed by atoms with Gasteiger partial charge in [0.15, 0.2) is 5.82 Å². The Labute approximate surface area is 128 Å². The Bertz CT molecular complexity index is 668. The molecule has 6 nitrogen and oxygen atoms in total. The molecule has 2 atom stereocenters. The smallest absolute Gasteiger partial charge is 0.242 e. The molecule has 2 heterocycles. The predicted molar refractivity (Wildman–Crippen MR) is 81.8 cm³/mol. The molecule has 0 fully saturated rings. The lowest BCUT2D eigenvalue weighted by molar-refractivity contribution is -0.118. The van der Waals surface area contributed by atoms with Gasteiger partial charge in [0.2, 0.25) is 5.91 Å². The zero-order chi connectivity index (χ0) is 15.5. The maximum Gasteiger partial charge on any atom is 0.242 e. The zero-order valence-corrected chi connectivity index (χ0v) is 12.6. The topological polar surface area (TPSA) is 76.4 Å². The molecule has 2 unspecified atom stereocenters. The summed E-state index contributed by atoms with van der Waals surface area (Å²) in [5.74, 6) is 1.85. The van der Waals surface area contributed by atoms with Gasteiger partial charge < -0.3 is 14.6 Å². The second-order valence-corrected chi connectivity index (χ2v) is 5.34. The van der Waals surface area contributed by atoms with E-state index in [0.717, 1.165) is 11.3 Å². The number of para-hydroxylation sites is 1. The molecule has 1 aliphatic rings. The number of aromatic nitrogens is 1. The number of ether oxygens (including phenoxy) is 1. The Hall–Kier alpha value is -2.34. The van der Waals surface area contributed by atoms with Crippen molar-refractivity contribution in [3.8, 4) is 5.75 Å². The minimum atomic E-state index is -0.322. The van der Waals surface area contributed by atoms with Crippen LogP contribution < -0.4 is 15.4 Å². The van der Waals surface area contributed by atoms with Gasteiger partial charge >= 0.3 is 0 Å². The second-order valence-electron chi connectivity index (χ2n) is 5.34. The SMILES string of the molecule is CCC(NC1COc2ccccc21)C(=O)Nc1cc(C)on1. The van der Waals surface area contributed by atoms with Gasteiger partial charge in [0.1, 0.15) is 18.1 Å². The normalized spacial score (nSPS) is 17.6. The first kappa shape index (κ1) is 14.6. The largest absolute Gasteiger partial charge is 0.491 e. The maximum atomic E-state index is 12.4. The first-order valence-electron chi connectivity index (χ1n) is 7.39. The third-order valence-corrected chi connectivity index (χ3v) is 3.71. The van der Waals surface area contributed by atoms with E-state index in [1.54, 1.807) is 13.0 Å². The van der Waals surface area contributed by atoms with Crippen molar-refractivity contribution in [1.29, 1.82) is 0 Å². The fourth-order valence-electron chi connectivity index (χ4n) is 2.56. The predicted octanol–water partition coefficient (Wildman–Crippen LogP) is 2.42. The van der Waals surface area contributed by atoms with E-state index in [-0.39, 0.29) is 18.0 Å². The van der Waals surface area contributed by atoms with Gasteiger partial charge in [0.25, 0.3) is 0 Å². The third-order valence-electron chi connectivity index (χ3n) is 3.71. The molecular weight excluding hydrogens is 282 g/mol. The number of nitrogens with zero attached hydrogens (tertiary/aromatic N) is 1. The number of amides is 1. The molecule has 0 saturated heterocycles. The molecule has 1 aromatic carbocycles. The average molecular weight is 301 g/mol. The summed E-state index contributed by atoms with van der Waals surface area (Å²) in [6.45, 7) is 4.28. The van der Waals surface area contributed by atoms with Crippen LogP contribution in [0.4, 0.5) is 5.82 Å². The highest BCUT2D eigenvalue weighted by Gasteiger charge is 2.28. The number of carbonyl (C=O) groups is 1. The summed E-state index contributed by atoms with van der Waals surface area (Å²) in [5, 5.41) is 9.90. The van der Waals surface area contributed by atoms with Gasteiger partial charge in [-0.15, -0.1) is 0 Å². The van der Waals surface area contributed by atoms with Crippen molar-refractivity contribution in [2.45, 2.75) is 32.4 Å². The molecule has 2 aromatic rings. The van der Waals surface area contributed by atoms with Crippen molar-refractivity contribution in [2.75, 3.05) is 11.9 Å². The summed E-state index contributed by atoms with van der Waals surface area (Å²) < 4.78 is 10.6. The van der Waals surface area contributed by atoms with Gasteiger partial charge in [-0.3, -0.25) is 10.1 Å². The number of aryl methyl sites for hydroxylation is 1. The minimum absolute atomic E-state index is 0.0194. The number of anilines is 1. The van der Waals surface area contributed by atoms with E-state index in [2.05, 4.69) is 15.8 Å². The van der Waals surface area contributed by atoms with Crippen LogP contribution in [0.5, 0.6) is 5.75 Å². The molecular formula is C16H19N3O3. The number of benzene rings is 1. The summed E-state index contributed by atoms with van der Waals surface area (Å²) in [4.78, 5) is 12.4. The van der Waals surface area contributed by atoms with Crippen LogP contribution in [-0.4, -0.2) is 23.7 Å². The molecule has 0 aliphatic carbocycles. The molecule has 0 radical (unpaired) electrons. The molecule has 22 heavy (non-hydrogen) atoms. The van der Waals surface area contributed by atoms with E-state index in [4.69, 9.17) is 9.26 Å². The van der Waals surface area contributed by atoms with Crippen molar-refractivity contribution < 1.29 is 14.1 Å². The van der Waals surface area contributed by atoms with Crippen LogP contribution in [0.3, 0.4) is 0 Å². The van der Waals surface area contributed by atoms with Gasteiger partial charge in [-0.2, -0.15) is 0 Å². The minimum Gasteiger partial charge on any atom is -0.491 e. The van der Waals surface area contributed by atoms with E-state index in [9.17, 15) is 4.79 Å². The van der Waals surface area contributed by atoms with Crippen LogP contribution in [0.25, 0.3) is 0 Å². The van der Waals surface area contributed by atoms with Crippen molar-refractivity contribution in [1.82, 2.24) is 10.5 Å². The Kier molecular flexibility index (Phi) is 4.11. The quantitative estimate of drug-likeness (QED) is 0.887. The number of nitrogens with one attached hydrogen (secondary N) is 2. The summed E-state index contributed by atoms with van der Waals surface area (Å²) in [6, 6.07) is 9.27. The number of rotatable bonds is 5. The van der Waals surface area contributed by atoms with Gasteiger partial charge in [-0.05, 0) is 19.4 Å². The molecule has 0 saturated carbocycles. The van der Waals surface area contributed by atoms with E-state index in [0.29, 0.717) is 24.6 Å². The van der Waals surface area contributed by atoms with E-state index in [1.807, 2.05) is 31.2 Å². The van der Waals surface area contributed by atoms with Crippen molar-refractivity contribution in [3.63, 3.8) is 0 Å². The molecule has 0 spiro atoms. The summed E-state index contributed by atoms with van der Waals surface area (Å²) in [7, 11) is 0. The second kappa shape index (κ2) is 6.19. The van der Waals surface area contributed by atoms with Gasteiger partial charge in [-0.1, -0.05) is 30.3 Å². The first-order valence-corrected chi connectivity index (χ1v) is 7.39. The van der Waals surface area contributed by atoms with Crippen LogP contribution in [-0.2, 0) is 4.79 Å². The fourth-order valence-corrected chi connectivity index (χ4v) is 2.56. The number of carbonyl (C=O) groups excluding carboxylic acids is 1. The zero-order valence-electron chi connectivity index (χ0n) is 12.6. The molecule has 116 valence electrons. The lowest BCUT2D eigenvalue weighted by Gasteiger charge is -2.20. The Morgan fingerprint density at radius 1 is 1.45 bits per heavy atom. The summed E-state index contributed by atoms with van der Waals surface area (Å²) >= 11 is 0. The monoisotopic (exact) mass is 301 g/mol. The van der Waals surface area contributed by atoms with Crippen LogP contribution in [0.1, 0.15) is 30.7 Å². The molecule has 6 heteroatoms. The van der Waals surface area contributed by atoms with E-state index >= 15 is 0 Å². The highest BCUT2D eigenvalue weighted by molar-refractivity contribution is 5.94. The van der Waals surface area contributed by atoms with Gasteiger partial charge in [-0.25, -0.2) is 0 Å². The Morgan fingerprint density at radius 3 is 3.00 bits per heavy atom. The average Bonchev–Trinajstić information content (AvgIpc) is 3.11. The summed E-state index contributed by atoms with van der Waals surface area (Å²) in [5.41, 5.74) is 1.09. The molecule has 2 N–H and O–H groups in total. The molecule has 1 aliphatic heterocycles. The number of fused-ring (bicyclic) bond motifs is 1. The van der Waals surface area contributed by atoms with Gasteiger partial charge in [0.05, 0.1) is 12.1 Å². The van der Waals surface area contributed by atoms with Crippen molar-refractivity contribution in [3.05, 3.63) is 41.7 Å². The molecule has 1 amide bonds. The molecule has 0 bridgehead atoms. The maximum absolute atomic E-state index is 12.4. The standard InChI is InChI=1S/C16H19N3O3/c1-3-12(16(20)18-15-8-10(2)22-19-15)17-13-9-21-14-7-5-4-6-11(13)14/h4-8,12-13,17H,3,9H2,1-2H3,(H,18,19,20). The summed E-state index contributed by atoms with van der Waals surface area (Å²) in [6.07, 6.45) is 0.668. The first-order chi connectivity index (χ1) is 10.7. The molecule has 3 rings (SSSR count). The highest BCUT2D eigenvalue weighted by atomic mass is 16.5. The van der Waals surface area contributed by atoms with E-state index in [1.165, 1.54) is 0 Å². The Morgan fingerprint density at radius 2 is 2.27 bits per heavy atom. The van der Waals surface area contributed by atoms with Crippen molar-refractivity contribution >= 4 is 11.7 Å². The Balaban J connectivity index is 1.66. The van der Waals surface area contributed by atoms with E-state index < -0.39 is 0 Å². The number of hydrogen-bond acceptors (Lipinski definition) is 5. The van der Waals surface area contributed by atoms with Crippen LogP contribution in [0.2, 0.25) is 0 Å². The lowest BCUT2D eigenvalue weighted by atomic mass is 10.1. The van der Waals surface area contributed by atoms with Crippen LogP contribution in [0, 0.1) is 6.92 Å². The number of hydrogen-bond donors (Lipinski definition) is 2. The highest BCUT2D eigenvalue weighted by Crippen LogP contribution is 2.32. The van der Waals surface area contributed by atoms with Crippen LogP contribution >= 0.6 is 0 Å². The van der Waals surface area contributed by atoms with Gasteiger partial charge in [0, 0.05) is 11.6 Å².